The summed E-state index contributed by atoms with van der Waals surface area (Å²) in [4.78, 5) is 18.1. The fraction of sp³-hybridized carbons (Fsp3) is 0.481. The van der Waals surface area contributed by atoms with E-state index in [1.54, 1.807) is 0 Å². The van der Waals surface area contributed by atoms with E-state index in [0.29, 0.717) is 5.56 Å². The molecule has 4 N–H and O–H groups in total. The number of amides is 2. The molecule has 2 aliphatic rings. The van der Waals surface area contributed by atoms with Crippen molar-refractivity contribution in [3.05, 3.63) is 65.7 Å². The van der Waals surface area contributed by atoms with Gasteiger partial charge in [0.25, 0.3) is 0 Å². The summed E-state index contributed by atoms with van der Waals surface area (Å²) in [6.45, 7) is 2.85. The Labute approximate surface area is 197 Å². The minimum absolute atomic E-state index is 0.0193. The molecule has 4 rings (SSSR count). The maximum Gasteiger partial charge on any atom is 0.322 e. The van der Waals surface area contributed by atoms with E-state index < -0.39 is 0 Å². The van der Waals surface area contributed by atoms with E-state index in [9.17, 15) is 4.79 Å². The molecule has 176 valence electrons. The van der Waals surface area contributed by atoms with E-state index in [-0.39, 0.29) is 24.0 Å². The Morgan fingerprint density at radius 2 is 1.76 bits per heavy atom. The van der Waals surface area contributed by atoms with Crippen LogP contribution in [0.5, 0.6) is 0 Å². The van der Waals surface area contributed by atoms with Crippen LogP contribution in [0.2, 0.25) is 0 Å². The monoisotopic (exact) mass is 447 g/mol. The van der Waals surface area contributed by atoms with Gasteiger partial charge in [0.15, 0.2) is 0 Å². The number of nitrogens with zero attached hydrogens (tertiary/aromatic N) is 2. The molecule has 1 unspecified atom stereocenters. The van der Waals surface area contributed by atoms with Gasteiger partial charge < -0.3 is 11.1 Å². The Kier molecular flexibility index (Phi) is 8.00. The molecule has 1 saturated carbocycles. The van der Waals surface area contributed by atoms with E-state index in [0.717, 1.165) is 63.8 Å². The summed E-state index contributed by atoms with van der Waals surface area (Å²) in [5.41, 5.74) is 8.55. The lowest BCUT2D eigenvalue weighted by Gasteiger charge is -2.37. The molecule has 0 radical (unpaired) electrons. The van der Waals surface area contributed by atoms with Gasteiger partial charge in [-0.25, -0.2) is 4.79 Å². The summed E-state index contributed by atoms with van der Waals surface area (Å²) >= 11 is 0. The molecule has 0 spiro atoms. The van der Waals surface area contributed by atoms with Gasteiger partial charge in [-0.15, -0.1) is 0 Å². The minimum atomic E-state index is -0.0193. The third kappa shape index (κ3) is 6.35. The molecule has 1 saturated heterocycles. The Morgan fingerprint density at radius 3 is 2.48 bits per heavy atom. The number of benzene rings is 2. The summed E-state index contributed by atoms with van der Waals surface area (Å²) < 4.78 is 0. The maximum atomic E-state index is 13.7. The second-order valence-electron chi connectivity index (χ2n) is 9.49. The Morgan fingerprint density at radius 1 is 1.00 bits per heavy atom. The number of nitrogens with one attached hydrogen (secondary N) is 2. The normalized spacial score (nSPS) is 20.1. The van der Waals surface area contributed by atoms with Crippen molar-refractivity contribution in [2.24, 2.45) is 5.73 Å². The van der Waals surface area contributed by atoms with Gasteiger partial charge in [0.2, 0.25) is 0 Å². The number of nitrogens with two attached hydrogens (primary N) is 1. The molecular weight excluding hydrogens is 410 g/mol. The number of piperidine rings is 1. The lowest BCUT2D eigenvalue weighted by molar-refractivity contribution is 0.181. The number of anilines is 1. The molecule has 0 aromatic heterocycles. The van der Waals surface area contributed by atoms with Crippen molar-refractivity contribution < 1.29 is 4.79 Å². The van der Waals surface area contributed by atoms with Gasteiger partial charge in [0.1, 0.15) is 5.84 Å². The highest BCUT2D eigenvalue weighted by Gasteiger charge is 2.29. The van der Waals surface area contributed by atoms with Gasteiger partial charge in [0, 0.05) is 36.4 Å². The zero-order valence-electron chi connectivity index (χ0n) is 19.5. The third-order valence-corrected chi connectivity index (χ3v) is 6.93. The maximum absolute atomic E-state index is 13.7. The number of nitrogen functional groups attached to an aromatic ring is 1. The predicted molar refractivity (Wildman–Crippen MR) is 135 cm³/mol. The average molecular weight is 448 g/mol. The van der Waals surface area contributed by atoms with Gasteiger partial charge in [-0.2, -0.15) is 0 Å². The number of rotatable bonds is 6. The summed E-state index contributed by atoms with van der Waals surface area (Å²) in [6, 6.07) is 18.4. The van der Waals surface area contributed by atoms with Gasteiger partial charge in [-0.1, -0.05) is 68.1 Å². The number of carbonyl (C=O) groups excluding carboxylic acids is 1. The summed E-state index contributed by atoms with van der Waals surface area (Å²) in [5.74, 6) is 0.0295. The average Bonchev–Trinajstić information content (AvgIpc) is 3.10. The lowest BCUT2D eigenvalue weighted by atomic mass is 10.0. The first-order chi connectivity index (χ1) is 16.1. The van der Waals surface area contributed by atoms with Crippen molar-refractivity contribution in [2.75, 3.05) is 18.0 Å². The third-order valence-electron chi connectivity index (χ3n) is 6.93. The molecule has 2 aromatic rings. The Balaban J connectivity index is 1.48. The molecule has 33 heavy (non-hydrogen) atoms. The van der Waals surface area contributed by atoms with Crippen molar-refractivity contribution in [3.63, 3.8) is 0 Å². The number of hydrogen-bond acceptors (Lipinski definition) is 3. The predicted octanol–water partition coefficient (Wildman–Crippen LogP) is 4.87. The highest BCUT2D eigenvalue weighted by Crippen LogP contribution is 2.28. The zero-order chi connectivity index (χ0) is 23.0. The molecule has 0 bridgehead atoms. The number of carbonyl (C=O) groups is 1. The lowest BCUT2D eigenvalue weighted by Crippen LogP contribution is -2.53. The molecule has 1 heterocycles. The minimum Gasteiger partial charge on any atom is -0.384 e. The van der Waals surface area contributed by atoms with Crippen LogP contribution in [0.25, 0.3) is 0 Å². The standard InChI is InChI=1S/C27H37N5O/c28-26(29)22-12-8-16-25(18-22)32(24-14-6-1-2-7-15-24)27(33)30-23-13-9-17-31(20-23)19-21-10-4-3-5-11-21/h3-5,8,10-12,16,18,23-24H,1-2,6-7,9,13-15,17,19-20H2,(H3,28,29)(H,30,33). The quantitative estimate of drug-likeness (QED) is 0.335. The first-order valence-electron chi connectivity index (χ1n) is 12.4. The fourth-order valence-electron chi connectivity index (χ4n) is 5.24. The fourth-order valence-corrected chi connectivity index (χ4v) is 5.24. The number of urea groups is 1. The Hall–Kier alpha value is -2.86. The van der Waals surface area contributed by atoms with E-state index in [1.807, 2.05) is 35.2 Å². The molecule has 1 aliphatic carbocycles. The number of amidine groups is 1. The SMILES string of the molecule is N=C(N)c1cccc(N(C(=O)NC2CCCN(Cc3ccccc3)C2)C2CCCCCC2)c1. The van der Waals surface area contributed by atoms with Crippen LogP contribution in [0.1, 0.15) is 62.5 Å². The van der Waals surface area contributed by atoms with Crippen LogP contribution in [0.15, 0.2) is 54.6 Å². The van der Waals surface area contributed by atoms with Gasteiger partial charge in [-0.05, 0) is 49.9 Å². The van der Waals surface area contributed by atoms with Crippen molar-refractivity contribution >= 4 is 17.6 Å². The number of likely N-dealkylation sites (tertiary alicyclic amines) is 1. The van der Waals surface area contributed by atoms with E-state index in [1.165, 1.54) is 18.4 Å². The summed E-state index contributed by atoms with van der Waals surface area (Å²) in [6.07, 6.45) is 8.88. The first kappa shape index (κ1) is 23.3. The molecule has 6 nitrogen and oxygen atoms in total. The zero-order valence-corrected chi connectivity index (χ0v) is 19.5. The summed E-state index contributed by atoms with van der Waals surface area (Å²) in [7, 11) is 0. The van der Waals surface area contributed by atoms with Gasteiger partial charge >= 0.3 is 6.03 Å². The van der Waals surface area contributed by atoms with E-state index in [2.05, 4.69) is 34.5 Å². The van der Waals surface area contributed by atoms with Gasteiger partial charge in [0.05, 0.1) is 0 Å². The van der Waals surface area contributed by atoms with Crippen LogP contribution in [0.4, 0.5) is 10.5 Å². The van der Waals surface area contributed by atoms with Crippen molar-refractivity contribution in [1.29, 1.82) is 5.41 Å². The first-order valence-corrected chi connectivity index (χ1v) is 12.4. The molecule has 2 fully saturated rings. The van der Waals surface area contributed by atoms with E-state index >= 15 is 0 Å². The highest BCUT2D eigenvalue weighted by atomic mass is 16.2. The van der Waals surface area contributed by atoms with Crippen molar-refractivity contribution in [3.8, 4) is 0 Å². The highest BCUT2D eigenvalue weighted by molar-refractivity contribution is 5.98. The van der Waals surface area contributed by atoms with Crippen LogP contribution < -0.4 is 16.0 Å². The molecule has 6 heteroatoms. The van der Waals surface area contributed by atoms with Crippen LogP contribution in [0, 0.1) is 5.41 Å². The Bertz CT molecular complexity index is 923. The van der Waals surface area contributed by atoms with Crippen LogP contribution in [0.3, 0.4) is 0 Å². The van der Waals surface area contributed by atoms with Crippen molar-refractivity contribution in [2.45, 2.75) is 70.0 Å². The second kappa shape index (κ2) is 11.3. The smallest absolute Gasteiger partial charge is 0.322 e. The molecule has 1 atom stereocenters. The molecule has 2 amide bonds. The molecule has 1 aliphatic heterocycles. The largest absolute Gasteiger partial charge is 0.384 e. The van der Waals surface area contributed by atoms with Crippen LogP contribution in [-0.2, 0) is 6.54 Å². The summed E-state index contributed by atoms with van der Waals surface area (Å²) in [5, 5.41) is 11.2. The van der Waals surface area contributed by atoms with Crippen molar-refractivity contribution in [1.82, 2.24) is 10.2 Å². The van der Waals surface area contributed by atoms with Crippen LogP contribution >= 0.6 is 0 Å². The molecule has 2 aromatic carbocycles. The van der Waals surface area contributed by atoms with E-state index in [4.69, 9.17) is 11.1 Å². The number of hydrogen-bond donors (Lipinski definition) is 3. The molecular formula is C27H37N5O. The topological polar surface area (TPSA) is 85.5 Å². The second-order valence-corrected chi connectivity index (χ2v) is 9.49. The van der Waals surface area contributed by atoms with Crippen LogP contribution in [-0.4, -0.2) is 41.9 Å². The van der Waals surface area contributed by atoms with Gasteiger partial charge in [-0.3, -0.25) is 15.2 Å².